The van der Waals surface area contributed by atoms with Crippen LogP contribution in [-0.4, -0.2) is 34.0 Å². The number of aryl methyl sites for hydroxylation is 1. The lowest BCUT2D eigenvalue weighted by atomic mass is 10.1. The van der Waals surface area contributed by atoms with Gasteiger partial charge in [0.15, 0.2) is 0 Å². The zero-order chi connectivity index (χ0) is 19.3. The van der Waals surface area contributed by atoms with Crippen molar-refractivity contribution in [2.45, 2.75) is 30.7 Å². The number of hydrogen-bond acceptors (Lipinski definition) is 3. The van der Waals surface area contributed by atoms with Gasteiger partial charge in [0.25, 0.3) is 0 Å². The summed E-state index contributed by atoms with van der Waals surface area (Å²) in [5.74, 6) is 0. The summed E-state index contributed by atoms with van der Waals surface area (Å²) in [5.41, 5.74) is 1.89. The van der Waals surface area contributed by atoms with Gasteiger partial charge in [0.1, 0.15) is 0 Å². The van der Waals surface area contributed by atoms with Gasteiger partial charge in [-0.1, -0.05) is 54.7 Å². The number of sulfonamides is 1. The van der Waals surface area contributed by atoms with Crippen LogP contribution in [0.3, 0.4) is 0 Å². The van der Waals surface area contributed by atoms with Crippen molar-refractivity contribution in [3.63, 3.8) is 0 Å². The van der Waals surface area contributed by atoms with Crippen LogP contribution in [0.25, 0.3) is 0 Å². The van der Waals surface area contributed by atoms with Gasteiger partial charge in [-0.2, -0.15) is 0 Å². The molecule has 0 aliphatic rings. The molecule has 2 rings (SSSR count). The smallest absolute Gasteiger partial charge is 0.241 e. The van der Waals surface area contributed by atoms with Gasteiger partial charge in [-0.05, 0) is 55.9 Å². The summed E-state index contributed by atoms with van der Waals surface area (Å²) in [4.78, 5) is 2.17. The summed E-state index contributed by atoms with van der Waals surface area (Å²) in [5, 5.41) is 0.837. The maximum absolute atomic E-state index is 12.8. The molecule has 0 fully saturated rings. The standard InChI is InChI=1S/C19H24Cl2N2O2S/c1-4-5-14-6-9-16(10-7-14)26(24,25)22-19(13-23(2)3)15-8-11-17(20)18(21)12-15/h6-12,19,22H,4-5,13H2,1-3H3/t19-/m0/s1. The van der Waals surface area contributed by atoms with Crippen LogP contribution in [0, 0.1) is 0 Å². The van der Waals surface area contributed by atoms with Crippen molar-refractivity contribution in [1.29, 1.82) is 0 Å². The molecule has 7 heteroatoms. The third-order valence-electron chi connectivity index (χ3n) is 3.96. The number of halogens is 2. The first kappa shape index (κ1) is 21.2. The van der Waals surface area contributed by atoms with E-state index in [0.717, 1.165) is 24.0 Å². The van der Waals surface area contributed by atoms with Crippen LogP contribution in [0.4, 0.5) is 0 Å². The molecule has 0 saturated heterocycles. The van der Waals surface area contributed by atoms with E-state index in [0.29, 0.717) is 16.6 Å². The normalized spacial score (nSPS) is 13.2. The summed E-state index contributed by atoms with van der Waals surface area (Å²) < 4.78 is 28.4. The summed E-state index contributed by atoms with van der Waals surface area (Å²) in [6, 6.07) is 11.7. The molecule has 0 unspecified atom stereocenters. The van der Waals surface area contributed by atoms with E-state index >= 15 is 0 Å². The van der Waals surface area contributed by atoms with Crippen molar-refractivity contribution in [3.8, 4) is 0 Å². The van der Waals surface area contributed by atoms with Crippen LogP contribution in [0.5, 0.6) is 0 Å². The molecule has 0 aliphatic carbocycles. The maximum Gasteiger partial charge on any atom is 0.241 e. The Hall–Kier alpha value is -1.11. The molecule has 142 valence electrons. The van der Waals surface area contributed by atoms with Gasteiger partial charge in [-0.15, -0.1) is 0 Å². The second kappa shape index (κ2) is 9.20. The van der Waals surface area contributed by atoms with Crippen LogP contribution in [0.2, 0.25) is 10.0 Å². The first-order valence-electron chi connectivity index (χ1n) is 8.44. The van der Waals surface area contributed by atoms with Crippen LogP contribution >= 0.6 is 23.2 Å². The summed E-state index contributed by atoms with van der Waals surface area (Å²) in [7, 11) is 0.114. The minimum Gasteiger partial charge on any atom is -0.307 e. The average molecular weight is 415 g/mol. The van der Waals surface area contributed by atoms with Crippen molar-refractivity contribution in [1.82, 2.24) is 9.62 Å². The number of rotatable bonds is 8. The third kappa shape index (κ3) is 5.69. The third-order valence-corrected chi connectivity index (χ3v) is 6.19. The topological polar surface area (TPSA) is 49.4 Å². The fraction of sp³-hybridized carbons (Fsp3) is 0.368. The van der Waals surface area contributed by atoms with E-state index in [9.17, 15) is 8.42 Å². The number of hydrogen-bond donors (Lipinski definition) is 1. The Labute approximate surface area is 166 Å². The van der Waals surface area contributed by atoms with E-state index in [2.05, 4.69) is 11.6 Å². The first-order chi connectivity index (χ1) is 12.2. The minimum atomic E-state index is -3.66. The highest BCUT2D eigenvalue weighted by Gasteiger charge is 2.22. The first-order valence-corrected chi connectivity index (χ1v) is 10.7. The molecule has 2 aromatic carbocycles. The Balaban J connectivity index is 2.29. The Morgan fingerprint density at radius 2 is 1.69 bits per heavy atom. The summed E-state index contributed by atoms with van der Waals surface area (Å²) in [6.07, 6.45) is 1.95. The maximum atomic E-state index is 12.8. The van der Waals surface area contributed by atoms with Gasteiger partial charge in [0.05, 0.1) is 21.0 Å². The molecule has 0 heterocycles. The largest absolute Gasteiger partial charge is 0.307 e. The lowest BCUT2D eigenvalue weighted by molar-refractivity contribution is 0.363. The molecule has 0 aliphatic heterocycles. The number of nitrogens with zero attached hydrogens (tertiary/aromatic N) is 1. The van der Waals surface area contributed by atoms with E-state index in [1.165, 1.54) is 0 Å². The summed E-state index contributed by atoms with van der Waals surface area (Å²) in [6.45, 7) is 2.58. The van der Waals surface area contributed by atoms with Crippen LogP contribution in [0.1, 0.15) is 30.5 Å². The average Bonchev–Trinajstić information content (AvgIpc) is 2.57. The van der Waals surface area contributed by atoms with Crippen LogP contribution in [-0.2, 0) is 16.4 Å². The zero-order valence-electron chi connectivity index (χ0n) is 15.2. The molecule has 2 aromatic rings. The molecule has 4 nitrogen and oxygen atoms in total. The Morgan fingerprint density at radius 3 is 2.23 bits per heavy atom. The summed E-state index contributed by atoms with van der Waals surface area (Å²) >= 11 is 12.1. The molecular formula is C19H24Cl2N2O2S. The molecule has 0 spiro atoms. The second-order valence-corrected chi connectivity index (χ2v) is 9.03. The van der Waals surface area contributed by atoms with Gasteiger partial charge in [0.2, 0.25) is 10.0 Å². The van der Waals surface area contributed by atoms with Gasteiger partial charge in [-0.3, -0.25) is 0 Å². The Kier molecular flexibility index (Phi) is 7.50. The number of benzene rings is 2. The van der Waals surface area contributed by atoms with Crippen molar-refractivity contribution in [2.24, 2.45) is 0 Å². The quantitative estimate of drug-likeness (QED) is 0.689. The molecule has 0 radical (unpaired) electrons. The predicted molar refractivity (Wildman–Crippen MR) is 109 cm³/mol. The predicted octanol–water partition coefficient (Wildman–Crippen LogP) is 4.53. The minimum absolute atomic E-state index is 0.251. The fourth-order valence-electron chi connectivity index (χ4n) is 2.68. The molecule has 0 saturated carbocycles. The highest BCUT2D eigenvalue weighted by atomic mass is 35.5. The van der Waals surface area contributed by atoms with E-state index in [1.54, 1.807) is 30.3 Å². The zero-order valence-corrected chi connectivity index (χ0v) is 17.5. The van der Waals surface area contributed by atoms with Gasteiger partial charge < -0.3 is 4.90 Å². The van der Waals surface area contributed by atoms with Gasteiger partial charge >= 0.3 is 0 Å². The van der Waals surface area contributed by atoms with Crippen LogP contribution in [0.15, 0.2) is 47.4 Å². The van der Waals surface area contributed by atoms with Crippen LogP contribution < -0.4 is 4.72 Å². The molecule has 0 amide bonds. The van der Waals surface area contributed by atoms with E-state index in [1.807, 2.05) is 31.1 Å². The molecule has 0 aromatic heterocycles. The lowest BCUT2D eigenvalue weighted by Gasteiger charge is -2.23. The van der Waals surface area contributed by atoms with Crippen molar-refractivity contribution < 1.29 is 8.42 Å². The SMILES string of the molecule is CCCc1ccc(S(=O)(=O)N[C@@H](CN(C)C)c2ccc(Cl)c(Cl)c2)cc1. The van der Waals surface area contributed by atoms with Crippen molar-refractivity contribution in [3.05, 3.63) is 63.6 Å². The second-order valence-electron chi connectivity index (χ2n) is 6.50. The molecular weight excluding hydrogens is 391 g/mol. The molecule has 26 heavy (non-hydrogen) atoms. The Morgan fingerprint density at radius 1 is 1.04 bits per heavy atom. The van der Waals surface area contributed by atoms with Crippen molar-refractivity contribution in [2.75, 3.05) is 20.6 Å². The van der Waals surface area contributed by atoms with E-state index in [4.69, 9.17) is 23.2 Å². The highest BCUT2D eigenvalue weighted by molar-refractivity contribution is 7.89. The lowest BCUT2D eigenvalue weighted by Crippen LogP contribution is -2.35. The monoisotopic (exact) mass is 414 g/mol. The molecule has 1 atom stereocenters. The van der Waals surface area contributed by atoms with E-state index in [-0.39, 0.29) is 4.90 Å². The fourth-order valence-corrected chi connectivity index (χ4v) is 4.21. The highest BCUT2D eigenvalue weighted by Crippen LogP contribution is 2.27. The number of likely N-dealkylation sites (N-methyl/N-ethyl adjacent to an activating group) is 1. The van der Waals surface area contributed by atoms with Gasteiger partial charge in [0, 0.05) is 6.54 Å². The number of nitrogens with one attached hydrogen (secondary N) is 1. The Bertz CT molecular complexity index is 837. The van der Waals surface area contributed by atoms with Gasteiger partial charge in [-0.25, -0.2) is 13.1 Å². The molecule has 1 N–H and O–H groups in total. The van der Waals surface area contributed by atoms with Crippen molar-refractivity contribution >= 4 is 33.2 Å². The molecule has 0 bridgehead atoms. The van der Waals surface area contributed by atoms with E-state index < -0.39 is 16.1 Å².